The van der Waals surface area contributed by atoms with Crippen molar-refractivity contribution in [2.24, 2.45) is 0 Å². The number of carbonyl (C=O) groups is 1. The number of hydrogen-bond donors (Lipinski definition) is 4. The lowest BCUT2D eigenvalue weighted by atomic mass is 10.1. The molecule has 6 nitrogen and oxygen atoms in total. The summed E-state index contributed by atoms with van der Waals surface area (Å²) in [6.07, 6.45) is 10.3. The van der Waals surface area contributed by atoms with Crippen molar-refractivity contribution in [3.05, 3.63) is 54.4 Å². The van der Waals surface area contributed by atoms with Gasteiger partial charge in [0.05, 0.1) is 5.52 Å². The molecule has 112 valence electrons. The molecule has 0 unspecified atom stereocenters. The summed E-state index contributed by atoms with van der Waals surface area (Å²) >= 11 is 0. The molecule has 0 saturated carbocycles. The van der Waals surface area contributed by atoms with Gasteiger partial charge in [-0.05, 0) is 42.1 Å². The van der Waals surface area contributed by atoms with Crippen molar-refractivity contribution in [1.82, 2.24) is 9.88 Å². The summed E-state index contributed by atoms with van der Waals surface area (Å²) in [5.74, 6) is -1.29. The number of aromatic nitrogens is 1. The fraction of sp³-hybridized carbons (Fsp3) is 0.0625. The van der Waals surface area contributed by atoms with E-state index in [4.69, 9.17) is 5.11 Å². The predicted molar refractivity (Wildman–Crippen MR) is 82.4 cm³/mol. The number of benzene rings is 1. The van der Waals surface area contributed by atoms with Crippen LogP contribution in [0.3, 0.4) is 0 Å². The Balaban J connectivity index is 1.91. The van der Waals surface area contributed by atoms with Crippen LogP contribution in [0.15, 0.2) is 54.4 Å². The molecule has 0 fully saturated rings. The molecule has 2 aromatic rings. The monoisotopic (exact) mass is 298 g/mol. The molecule has 0 saturated heterocycles. The Morgan fingerprint density at radius 1 is 1.27 bits per heavy atom. The molecule has 0 spiro atoms. The number of phenols is 2. The summed E-state index contributed by atoms with van der Waals surface area (Å²) in [4.78, 5) is 11.0. The van der Waals surface area contributed by atoms with E-state index in [9.17, 15) is 15.0 Å². The molecular weight excluding hydrogens is 284 g/mol. The van der Waals surface area contributed by atoms with Crippen LogP contribution in [0.5, 0.6) is 11.5 Å². The SMILES string of the molecule is O=C(O)[C@@H]1C=C(/C=C/n2ccc3cc(O)c(O)cc32)C=CN1. The molecule has 6 heteroatoms. The number of carboxylic acids is 1. The zero-order valence-electron chi connectivity index (χ0n) is 11.5. The van der Waals surface area contributed by atoms with Gasteiger partial charge in [-0.3, -0.25) is 0 Å². The van der Waals surface area contributed by atoms with Crippen molar-refractivity contribution in [3.63, 3.8) is 0 Å². The Kier molecular flexibility index (Phi) is 3.34. The number of dihydropyridines is 1. The van der Waals surface area contributed by atoms with Crippen LogP contribution in [0.25, 0.3) is 17.1 Å². The molecule has 1 atom stereocenters. The van der Waals surface area contributed by atoms with Crippen LogP contribution in [0, 0.1) is 0 Å². The molecule has 1 aromatic heterocycles. The quantitative estimate of drug-likeness (QED) is 0.650. The third kappa shape index (κ3) is 2.54. The lowest BCUT2D eigenvalue weighted by Crippen LogP contribution is -2.32. The lowest BCUT2D eigenvalue weighted by Gasteiger charge is -2.13. The van der Waals surface area contributed by atoms with Crippen LogP contribution in [0.1, 0.15) is 0 Å². The Morgan fingerprint density at radius 2 is 2.05 bits per heavy atom. The smallest absolute Gasteiger partial charge is 0.330 e. The van der Waals surface area contributed by atoms with Crippen molar-refractivity contribution in [1.29, 1.82) is 0 Å². The predicted octanol–water partition coefficient (Wildman–Crippen LogP) is 2.02. The van der Waals surface area contributed by atoms with Gasteiger partial charge in [0.2, 0.25) is 0 Å². The zero-order valence-corrected chi connectivity index (χ0v) is 11.5. The van der Waals surface area contributed by atoms with Crippen LogP contribution in [0.4, 0.5) is 0 Å². The highest BCUT2D eigenvalue weighted by atomic mass is 16.4. The molecule has 22 heavy (non-hydrogen) atoms. The van der Waals surface area contributed by atoms with E-state index in [0.29, 0.717) is 0 Å². The number of phenolic OH excluding ortho intramolecular Hbond substituents is 2. The minimum absolute atomic E-state index is 0.164. The molecule has 0 aliphatic carbocycles. The zero-order chi connectivity index (χ0) is 15.7. The van der Waals surface area contributed by atoms with E-state index in [1.807, 2.05) is 6.07 Å². The number of aliphatic carboxylic acids is 1. The summed E-state index contributed by atoms with van der Waals surface area (Å²) in [6, 6.07) is 4.03. The topological polar surface area (TPSA) is 94.7 Å². The van der Waals surface area contributed by atoms with E-state index < -0.39 is 12.0 Å². The molecule has 1 aromatic carbocycles. The Morgan fingerprint density at radius 3 is 2.82 bits per heavy atom. The van der Waals surface area contributed by atoms with Gasteiger partial charge in [0, 0.05) is 23.8 Å². The molecule has 3 rings (SSSR count). The molecule has 2 heterocycles. The average molecular weight is 298 g/mol. The molecule has 0 amide bonds. The van der Waals surface area contributed by atoms with Crippen LogP contribution >= 0.6 is 0 Å². The van der Waals surface area contributed by atoms with Crippen molar-refractivity contribution < 1.29 is 20.1 Å². The van der Waals surface area contributed by atoms with Crippen molar-refractivity contribution in [2.75, 3.05) is 0 Å². The van der Waals surface area contributed by atoms with E-state index in [2.05, 4.69) is 5.32 Å². The maximum atomic E-state index is 11.0. The number of rotatable bonds is 3. The van der Waals surface area contributed by atoms with Crippen molar-refractivity contribution in [2.45, 2.75) is 6.04 Å². The summed E-state index contributed by atoms with van der Waals surface area (Å²) in [5.41, 5.74) is 1.50. The lowest BCUT2D eigenvalue weighted by molar-refractivity contribution is -0.137. The van der Waals surface area contributed by atoms with Gasteiger partial charge in [-0.1, -0.05) is 0 Å². The van der Waals surface area contributed by atoms with Gasteiger partial charge in [-0.2, -0.15) is 0 Å². The number of nitrogens with one attached hydrogen (secondary N) is 1. The van der Waals surface area contributed by atoms with Crippen LogP contribution in [-0.2, 0) is 4.79 Å². The average Bonchev–Trinajstić information content (AvgIpc) is 2.88. The highest BCUT2D eigenvalue weighted by molar-refractivity contribution is 5.85. The molecule has 1 aliphatic heterocycles. The second kappa shape index (κ2) is 5.33. The van der Waals surface area contributed by atoms with Crippen LogP contribution in [-0.4, -0.2) is 31.9 Å². The number of allylic oxidation sites excluding steroid dienone is 3. The summed E-state index contributed by atoms with van der Waals surface area (Å²) in [6.45, 7) is 0. The number of hydrogen-bond acceptors (Lipinski definition) is 4. The summed E-state index contributed by atoms with van der Waals surface area (Å²) in [7, 11) is 0. The maximum absolute atomic E-state index is 11.0. The van der Waals surface area contributed by atoms with Crippen LogP contribution in [0.2, 0.25) is 0 Å². The van der Waals surface area contributed by atoms with Crippen molar-refractivity contribution in [3.8, 4) is 11.5 Å². The van der Waals surface area contributed by atoms with Gasteiger partial charge in [0.25, 0.3) is 0 Å². The first-order chi connectivity index (χ1) is 10.5. The largest absolute Gasteiger partial charge is 0.504 e. The third-order valence-electron chi connectivity index (χ3n) is 3.42. The Labute approximate surface area is 125 Å². The number of aromatic hydroxyl groups is 2. The van der Waals surface area contributed by atoms with Crippen LogP contribution < -0.4 is 5.32 Å². The second-order valence-electron chi connectivity index (χ2n) is 4.92. The van der Waals surface area contributed by atoms with Crippen molar-refractivity contribution >= 4 is 23.1 Å². The fourth-order valence-electron chi connectivity index (χ4n) is 2.27. The minimum atomic E-state index is -0.943. The number of carboxylic acid groups (broad SMARTS) is 1. The fourth-order valence-corrected chi connectivity index (χ4v) is 2.27. The first kappa shape index (κ1) is 13.8. The van der Waals surface area contributed by atoms with Gasteiger partial charge < -0.3 is 25.2 Å². The highest BCUT2D eigenvalue weighted by Gasteiger charge is 2.14. The van der Waals surface area contributed by atoms with Gasteiger partial charge in [-0.15, -0.1) is 0 Å². The first-order valence-corrected chi connectivity index (χ1v) is 6.62. The Hall–Kier alpha value is -3.15. The van der Waals surface area contributed by atoms with E-state index >= 15 is 0 Å². The minimum Gasteiger partial charge on any atom is -0.504 e. The Bertz CT molecular complexity index is 830. The second-order valence-corrected chi connectivity index (χ2v) is 4.92. The molecule has 0 radical (unpaired) electrons. The van der Waals surface area contributed by atoms with Gasteiger partial charge in [-0.25, -0.2) is 4.79 Å². The van der Waals surface area contributed by atoms with E-state index in [1.165, 1.54) is 12.1 Å². The molecule has 0 bridgehead atoms. The van der Waals surface area contributed by atoms with Gasteiger partial charge in [0.15, 0.2) is 11.5 Å². The maximum Gasteiger partial charge on any atom is 0.330 e. The van der Waals surface area contributed by atoms with E-state index in [-0.39, 0.29) is 11.5 Å². The first-order valence-electron chi connectivity index (χ1n) is 6.62. The molecule has 4 N–H and O–H groups in total. The molecular formula is C16H14N2O4. The third-order valence-corrected chi connectivity index (χ3v) is 3.42. The number of nitrogens with zero attached hydrogens (tertiary/aromatic N) is 1. The normalized spacial score (nSPS) is 17.6. The summed E-state index contributed by atoms with van der Waals surface area (Å²) < 4.78 is 1.78. The van der Waals surface area contributed by atoms with E-state index in [1.54, 1.807) is 41.4 Å². The van der Waals surface area contributed by atoms with Gasteiger partial charge >= 0.3 is 5.97 Å². The highest BCUT2D eigenvalue weighted by Crippen LogP contribution is 2.30. The number of fused-ring (bicyclic) bond motifs is 1. The standard InChI is InChI=1S/C16H14N2O4/c19-14-8-11-3-6-18(13(11)9-15(14)20)5-2-10-1-4-17-12(7-10)16(21)22/h1-9,12,17,19-20H,(H,21,22)/b5-2+/t12-/m0/s1. The molecule has 1 aliphatic rings. The van der Waals surface area contributed by atoms with Gasteiger partial charge in [0.1, 0.15) is 6.04 Å². The summed E-state index contributed by atoms with van der Waals surface area (Å²) in [5, 5.41) is 31.6. The van der Waals surface area contributed by atoms with E-state index in [0.717, 1.165) is 16.5 Å².